The molecule has 0 unspecified atom stereocenters. The van der Waals surface area contributed by atoms with Crippen molar-refractivity contribution in [2.24, 2.45) is 0 Å². The predicted molar refractivity (Wildman–Crippen MR) is 107 cm³/mol. The summed E-state index contributed by atoms with van der Waals surface area (Å²) in [6.45, 7) is 2.83. The maximum atomic E-state index is 12.1. The van der Waals surface area contributed by atoms with Crippen molar-refractivity contribution in [2.75, 3.05) is 30.8 Å². The fourth-order valence-electron chi connectivity index (χ4n) is 2.18. The van der Waals surface area contributed by atoms with Crippen LogP contribution >= 0.6 is 27.5 Å². The van der Waals surface area contributed by atoms with Crippen LogP contribution in [0, 0.1) is 13.8 Å². The van der Waals surface area contributed by atoms with Crippen LogP contribution in [-0.4, -0.2) is 42.4 Å². The van der Waals surface area contributed by atoms with Crippen LogP contribution in [0.25, 0.3) is 0 Å². The van der Waals surface area contributed by atoms with E-state index in [2.05, 4.69) is 36.3 Å². The number of hydrogen-bond donors (Lipinski definition) is 3. The zero-order chi connectivity index (χ0) is 20.0. The number of nitrogens with one attached hydrogen (secondary N) is 3. The van der Waals surface area contributed by atoms with Crippen molar-refractivity contribution in [3.05, 3.63) is 39.5 Å². The number of benzene rings is 1. The Morgan fingerprint density at radius 2 is 1.96 bits per heavy atom. The molecule has 0 bridgehead atoms. The van der Waals surface area contributed by atoms with Crippen LogP contribution in [0.4, 0.5) is 10.7 Å². The van der Waals surface area contributed by atoms with Crippen LogP contribution in [0.3, 0.4) is 0 Å². The highest BCUT2D eigenvalue weighted by Crippen LogP contribution is 2.24. The zero-order valence-corrected chi connectivity index (χ0v) is 17.4. The summed E-state index contributed by atoms with van der Waals surface area (Å²) in [5.41, 5.74) is 2.37. The van der Waals surface area contributed by atoms with E-state index in [1.165, 1.54) is 0 Å². The molecule has 1 aromatic carbocycles. The molecule has 0 aliphatic rings. The number of anilines is 2. The summed E-state index contributed by atoms with van der Waals surface area (Å²) in [5.74, 6) is -1.59. The maximum Gasteiger partial charge on any atom is 0.343 e. The molecule has 2 amide bonds. The van der Waals surface area contributed by atoms with Gasteiger partial charge in [0, 0.05) is 17.2 Å². The van der Waals surface area contributed by atoms with Crippen molar-refractivity contribution in [2.45, 2.75) is 13.8 Å². The van der Waals surface area contributed by atoms with E-state index in [4.69, 9.17) is 4.74 Å². The predicted octanol–water partition coefficient (Wildman–Crippen LogP) is 2.48. The molecular weight excluding hydrogens is 436 g/mol. The smallest absolute Gasteiger partial charge is 0.343 e. The van der Waals surface area contributed by atoms with Crippen molar-refractivity contribution in [3.8, 4) is 0 Å². The van der Waals surface area contributed by atoms with Gasteiger partial charge in [0.05, 0.1) is 12.2 Å². The second-order valence-corrected chi connectivity index (χ2v) is 7.27. The number of rotatable bonds is 7. The number of aryl methyl sites for hydroxylation is 2. The minimum Gasteiger partial charge on any atom is -0.452 e. The fourth-order valence-corrected chi connectivity index (χ4v) is 3.38. The Morgan fingerprint density at radius 3 is 2.63 bits per heavy atom. The number of aromatic nitrogens is 1. The molecule has 0 aliphatic carbocycles. The van der Waals surface area contributed by atoms with Gasteiger partial charge in [-0.25, -0.2) is 4.79 Å². The molecule has 0 radical (unpaired) electrons. The van der Waals surface area contributed by atoms with Gasteiger partial charge in [-0.05, 0) is 49.1 Å². The van der Waals surface area contributed by atoms with Crippen LogP contribution in [0.2, 0.25) is 0 Å². The second-order valence-electron chi connectivity index (χ2n) is 5.58. The molecule has 0 atom stereocenters. The number of halogens is 1. The molecule has 0 saturated carbocycles. The molecule has 0 aliphatic heterocycles. The summed E-state index contributed by atoms with van der Waals surface area (Å²) in [5, 5.41) is 8.54. The highest BCUT2D eigenvalue weighted by atomic mass is 79.9. The summed E-state index contributed by atoms with van der Waals surface area (Å²) in [4.78, 5) is 35.9. The van der Waals surface area contributed by atoms with Crippen molar-refractivity contribution in [1.82, 2.24) is 9.69 Å². The highest BCUT2D eigenvalue weighted by Gasteiger charge is 2.20. The Hall–Kier alpha value is -2.46. The number of carbonyl (C=O) groups excluding carboxylic acids is 3. The SMILES string of the molecule is CNc1snc(C)c1C(=O)OCC(=O)NCC(=O)Nc1ccc(Br)cc1C. The molecular formula is C17H19BrN4O4S. The molecule has 2 rings (SSSR count). The van der Waals surface area contributed by atoms with Gasteiger partial charge >= 0.3 is 5.97 Å². The minimum absolute atomic E-state index is 0.229. The van der Waals surface area contributed by atoms with E-state index in [1.807, 2.05) is 13.0 Å². The third kappa shape index (κ3) is 5.76. The van der Waals surface area contributed by atoms with Crippen LogP contribution < -0.4 is 16.0 Å². The van der Waals surface area contributed by atoms with Crippen LogP contribution in [0.5, 0.6) is 0 Å². The number of carbonyl (C=O) groups is 3. The molecule has 27 heavy (non-hydrogen) atoms. The lowest BCUT2D eigenvalue weighted by Gasteiger charge is -2.10. The van der Waals surface area contributed by atoms with E-state index in [0.717, 1.165) is 21.6 Å². The van der Waals surface area contributed by atoms with E-state index in [1.54, 1.807) is 26.1 Å². The number of hydrogen-bond acceptors (Lipinski definition) is 7. The minimum atomic E-state index is -0.643. The topological polar surface area (TPSA) is 109 Å². The number of ether oxygens (including phenoxy) is 1. The third-order valence-electron chi connectivity index (χ3n) is 3.54. The molecule has 1 heterocycles. The van der Waals surface area contributed by atoms with Crippen LogP contribution in [0.15, 0.2) is 22.7 Å². The van der Waals surface area contributed by atoms with Crippen molar-refractivity contribution >= 4 is 55.9 Å². The Kier molecular flexibility index (Phi) is 7.31. The summed E-state index contributed by atoms with van der Waals surface area (Å²) in [6.07, 6.45) is 0. The van der Waals surface area contributed by atoms with Crippen molar-refractivity contribution in [1.29, 1.82) is 0 Å². The van der Waals surface area contributed by atoms with Crippen molar-refractivity contribution in [3.63, 3.8) is 0 Å². The summed E-state index contributed by atoms with van der Waals surface area (Å²) < 4.78 is 9.97. The lowest BCUT2D eigenvalue weighted by molar-refractivity contribution is -0.126. The lowest BCUT2D eigenvalue weighted by atomic mass is 10.2. The second kappa shape index (κ2) is 9.47. The largest absolute Gasteiger partial charge is 0.452 e. The first kappa shape index (κ1) is 20.8. The molecule has 0 spiro atoms. The first-order valence-corrected chi connectivity index (χ1v) is 9.52. The van der Waals surface area contributed by atoms with E-state index >= 15 is 0 Å². The summed E-state index contributed by atoms with van der Waals surface area (Å²) in [7, 11) is 1.67. The Morgan fingerprint density at radius 1 is 1.22 bits per heavy atom. The van der Waals surface area contributed by atoms with Gasteiger partial charge in [0.1, 0.15) is 10.6 Å². The van der Waals surface area contributed by atoms with Gasteiger partial charge in [-0.2, -0.15) is 4.37 Å². The molecule has 2 aromatic rings. The molecule has 1 aromatic heterocycles. The molecule has 0 fully saturated rings. The van der Waals surface area contributed by atoms with Gasteiger partial charge in [0.15, 0.2) is 6.61 Å². The number of esters is 1. The zero-order valence-electron chi connectivity index (χ0n) is 15.0. The van der Waals surface area contributed by atoms with Crippen LogP contribution in [-0.2, 0) is 14.3 Å². The van der Waals surface area contributed by atoms with Gasteiger partial charge in [-0.1, -0.05) is 15.9 Å². The monoisotopic (exact) mass is 454 g/mol. The summed E-state index contributed by atoms with van der Waals surface area (Å²) >= 11 is 4.49. The number of nitrogens with zero attached hydrogens (tertiary/aromatic N) is 1. The molecule has 3 N–H and O–H groups in total. The average molecular weight is 455 g/mol. The molecule has 8 nitrogen and oxygen atoms in total. The lowest BCUT2D eigenvalue weighted by Crippen LogP contribution is -2.35. The van der Waals surface area contributed by atoms with Crippen LogP contribution in [0.1, 0.15) is 21.6 Å². The van der Waals surface area contributed by atoms with Gasteiger partial charge in [-0.15, -0.1) is 0 Å². The van der Waals surface area contributed by atoms with E-state index in [9.17, 15) is 14.4 Å². The highest BCUT2D eigenvalue weighted by molar-refractivity contribution is 9.10. The first-order chi connectivity index (χ1) is 12.8. The van der Waals surface area contributed by atoms with E-state index < -0.39 is 18.5 Å². The number of amides is 2. The molecule has 10 heteroatoms. The van der Waals surface area contributed by atoms with Gasteiger partial charge in [-0.3, -0.25) is 9.59 Å². The van der Waals surface area contributed by atoms with Gasteiger partial charge in [0.25, 0.3) is 5.91 Å². The standard InChI is InChI=1S/C17H19BrN4O4S/c1-9-6-11(18)4-5-12(9)21-13(23)7-20-14(24)8-26-17(25)15-10(2)22-27-16(15)19-3/h4-6,19H,7-8H2,1-3H3,(H,20,24)(H,21,23). The van der Waals surface area contributed by atoms with Crippen molar-refractivity contribution < 1.29 is 19.1 Å². The Labute approximate surface area is 169 Å². The average Bonchev–Trinajstić information content (AvgIpc) is 3.01. The normalized spacial score (nSPS) is 10.2. The first-order valence-electron chi connectivity index (χ1n) is 7.95. The van der Waals surface area contributed by atoms with E-state index in [0.29, 0.717) is 21.9 Å². The molecule has 144 valence electrons. The Balaban J connectivity index is 1.79. The summed E-state index contributed by atoms with van der Waals surface area (Å²) in [6, 6.07) is 5.44. The van der Waals surface area contributed by atoms with Gasteiger partial charge in [0.2, 0.25) is 5.91 Å². The molecule has 0 saturated heterocycles. The Bertz CT molecular complexity index is 869. The van der Waals surface area contributed by atoms with E-state index in [-0.39, 0.29) is 12.5 Å². The quantitative estimate of drug-likeness (QED) is 0.554. The third-order valence-corrected chi connectivity index (χ3v) is 4.99. The fraction of sp³-hybridized carbons (Fsp3) is 0.294. The maximum absolute atomic E-state index is 12.1. The van der Waals surface area contributed by atoms with Gasteiger partial charge < -0.3 is 20.7 Å².